The maximum Gasteiger partial charge on any atom is 0.220 e. The van der Waals surface area contributed by atoms with Gasteiger partial charge in [-0.1, -0.05) is 25.0 Å². The monoisotopic (exact) mass is 407 g/mol. The van der Waals surface area contributed by atoms with E-state index in [9.17, 15) is 13.2 Å². The first-order chi connectivity index (χ1) is 13.4. The quantitative estimate of drug-likeness (QED) is 0.673. The second-order valence-corrected chi connectivity index (χ2v) is 10.2. The van der Waals surface area contributed by atoms with Gasteiger partial charge in [-0.25, -0.2) is 8.42 Å². The van der Waals surface area contributed by atoms with Crippen molar-refractivity contribution in [3.8, 4) is 0 Å². The van der Waals surface area contributed by atoms with E-state index in [4.69, 9.17) is 0 Å². The highest BCUT2D eigenvalue weighted by Gasteiger charge is 2.26. The number of nitrogens with one attached hydrogen (secondary N) is 1. The van der Waals surface area contributed by atoms with E-state index in [1.165, 1.54) is 18.4 Å². The Bertz CT molecular complexity index is 752. The predicted molar refractivity (Wildman–Crippen MR) is 113 cm³/mol. The van der Waals surface area contributed by atoms with Crippen molar-refractivity contribution >= 4 is 21.6 Å². The van der Waals surface area contributed by atoms with E-state index >= 15 is 0 Å². The lowest BCUT2D eigenvalue weighted by Crippen LogP contribution is -2.49. The zero-order valence-electron chi connectivity index (χ0n) is 16.9. The van der Waals surface area contributed by atoms with Crippen LogP contribution in [0.1, 0.15) is 44.1 Å². The van der Waals surface area contributed by atoms with Gasteiger partial charge in [-0.05, 0) is 49.8 Å². The van der Waals surface area contributed by atoms with Gasteiger partial charge in [0.2, 0.25) is 15.9 Å². The Morgan fingerprint density at radius 1 is 1.14 bits per heavy atom. The minimum Gasteiger partial charge on any atom is -0.369 e. The summed E-state index contributed by atoms with van der Waals surface area (Å²) in [7, 11) is -3.26. The molecule has 0 radical (unpaired) electrons. The zero-order chi connectivity index (χ0) is 20.0. The average molecular weight is 408 g/mol. The van der Waals surface area contributed by atoms with Crippen LogP contribution in [-0.2, 0) is 14.8 Å². The Balaban J connectivity index is 1.37. The smallest absolute Gasteiger partial charge is 0.220 e. The summed E-state index contributed by atoms with van der Waals surface area (Å²) in [5, 5.41) is 2.89. The standard InChI is InChI=1S/C21H33N3O3S/c1-18-6-4-9-20(16-18)23-11-13-24(14-12-23)28(26,27)15-5-10-22-21(25)17-19-7-2-3-8-19/h4,6,9,16,19H,2-3,5,7-8,10-15,17H2,1H3,(H,22,25). The second kappa shape index (κ2) is 9.74. The molecule has 3 rings (SSSR count). The molecule has 1 saturated heterocycles. The van der Waals surface area contributed by atoms with E-state index in [-0.39, 0.29) is 11.7 Å². The largest absolute Gasteiger partial charge is 0.369 e. The molecule has 1 saturated carbocycles. The molecule has 2 aliphatic rings. The Hall–Kier alpha value is -1.60. The maximum absolute atomic E-state index is 12.6. The topological polar surface area (TPSA) is 69.7 Å². The van der Waals surface area contributed by atoms with Crippen molar-refractivity contribution < 1.29 is 13.2 Å². The summed E-state index contributed by atoms with van der Waals surface area (Å²) >= 11 is 0. The zero-order valence-corrected chi connectivity index (χ0v) is 17.7. The molecule has 28 heavy (non-hydrogen) atoms. The van der Waals surface area contributed by atoms with Crippen LogP contribution >= 0.6 is 0 Å². The normalized spacial score (nSPS) is 19.1. The number of carbonyl (C=O) groups is 1. The van der Waals surface area contributed by atoms with Crippen LogP contribution in [0.5, 0.6) is 0 Å². The lowest BCUT2D eigenvalue weighted by molar-refractivity contribution is -0.121. The van der Waals surface area contributed by atoms with E-state index in [1.54, 1.807) is 4.31 Å². The third-order valence-corrected chi connectivity index (χ3v) is 7.81. The number of nitrogens with zero attached hydrogens (tertiary/aromatic N) is 2. The number of hydrogen-bond donors (Lipinski definition) is 1. The molecule has 1 aromatic carbocycles. The van der Waals surface area contributed by atoms with Crippen molar-refractivity contribution in [2.45, 2.75) is 45.4 Å². The van der Waals surface area contributed by atoms with Crippen molar-refractivity contribution in [2.75, 3.05) is 43.4 Å². The van der Waals surface area contributed by atoms with Crippen LogP contribution in [0.2, 0.25) is 0 Å². The maximum atomic E-state index is 12.6. The predicted octanol–water partition coefficient (Wildman–Crippen LogP) is 2.53. The summed E-state index contributed by atoms with van der Waals surface area (Å²) in [6.07, 6.45) is 5.82. The van der Waals surface area contributed by atoms with E-state index in [1.807, 2.05) is 6.07 Å². The van der Waals surface area contributed by atoms with Crippen LogP contribution in [0, 0.1) is 12.8 Å². The first kappa shape index (κ1) is 21.1. The summed E-state index contributed by atoms with van der Waals surface area (Å²) in [5.41, 5.74) is 2.37. The number of rotatable bonds is 8. The molecule has 2 fully saturated rings. The second-order valence-electron chi connectivity index (χ2n) is 8.10. The average Bonchev–Trinajstić information content (AvgIpc) is 3.18. The lowest BCUT2D eigenvalue weighted by Gasteiger charge is -2.35. The summed E-state index contributed by atoms with van der Waals surface area (Å²) in [5.74, 6) is 0.686. The van der Waals surface area contributed by atoms with Gasteiger partial charge in [0, 0.05) is 44.8 Å². The van der Waals surface area contributed by atoms with E-state index < -0.39 is 10.0 Å². The highest BCUT2D eigenvalue weighted by molar-refractivity contribution is 7.89. The highest BCUT2D eigenvalue weighted by Crippen LogP contribution is 2.27. The van der Waals surface area contributed by atoms with E-state index in [2.05, 4.69) is 35.3 Å². The molecule has 1 aliphatic carbocycles. The molecule has 156 valence electrons. The SMILES string of the molecule is Cc1cccc(N2CCN(S(=O)(=O)CCCNC(=O)CC3CCCC3)CC2)c1. The molecule has 1 aliphatic heterocycles. The Morgan fingerprint density at radius 2 is 1.86 bits per heavy atom. The van der Waals surface area contributed by atoms with E-state index in [0.29, 0.717) is 51.5 Å². The molecular formula is C21H33N3O3S. The number of piperazine rings is 1. The molecule has 0 unspecified atom stereocenters. The van der Waals surface area contributed by atoms with Gasteiger partial charge >= 0.3 is 0 Å². The highest BCUT2D eigenvalue weighted by atomic mass is 32.2. The minimum absolute atomic E-state index is 0.0658. The van der Waals surface area contributed by atoms with Crippen molar-refractivity contribution in [3.05, 3.63) is 29.8 Å². The number of benzene rings is 1. The molecule has 7 heteroatoms. The fourth-order valence-electron chi connectivity index (χ4n) is 4.21. The van der Waals surface area contributed by atoms with Crippen LogP contribution in [-0.4, -0.2) is 57.1 Å². The van der Waals surface area contributed by atoms with Gasteiger partial charge in [0.05, 0.1) is 5.75 Å². The number of amides is 1. The van der Waals surface area contributed by atoms with Crippen LogP contribution in [0.4, 0.5) is 5.69 Å². The summed E-state index contributed by atoms with van der Waals surface area (Å²) in [6.45, 7) is 4.96. The fourth-order valence-corrected chi connectivity index (χ4v) is 5.70. The molecule has 1 amide bonds. The van der Waals surface area contributed by atoms with Gasteiger partial charge in [0.25, 0.3) is 0 Å². The molecule has 0 atom stereocenters. The van der Waals surface area contributed by atoms with Gasteiger partial charge in [-0.15, -0.1) is 0 Å². The van der Waals surface area contributed by atoms with Gasteiger partial charge in [-0.2, -0.15) is 4.31 Å². The van der Waals surface area contributed by atoms with Crippen molar-refractivity contribution in [1.82, 2.24) is 9.62 Å². The number of carbonyl (C=O) groups excluding carboxylic acids is 1. The van der Waals surface area contributed by atoms with Crippen LogP contribution in [0.25, 0.3) is 0 Å². The summed E-state index contributed by atoms with van der Waals surface area (Å²) in [6, 6.07) is 8.31. The van der Waals surface area contributed by atoms with Gasteiger partial charge in [-0.3, -0.25) is 4.79 Å². The number of anilines is 1. The Labute approximate surface area is 169 Å². The van der Waals surface area contributed by atoms with Crippen LogP contribution in [0.15, 0.2) is 24.3 Å². The molecule has 6 nitrogen and oxygen atoms in total. The Kier molecular flexibility index (Phi) is 7.35. The first-order valence-corrected chi connectivity index (χ1v) is 12.1. The number of aryl methyl sites for hydroxylation is 1. The molecule has 1 heterocycles. The lowest BCUT2D eigenvalue weighted by atomic mass is 10.0. The molecule has 1 N–H and O–H groups in total. The van der Waals surface area contributed by atoms with Crippen LogP contribution < -0.4 is 10.2 Å². The van der Waals surface area contributed by atoms with Crippen molar-refractivity contribution in [3.63, 3.8) is 0 Å². The van der Waals surface area contributed by atoms with Gasteiger partial charge in [0.1, 0.15) is 0 Å². The first-order valence-electron chi connectivity index (χ1n) is 10.5. The van der Waals surface area contributed by atoms with E-state index in [0.717, 1.165) is 18.5 Å². The molecule has 0 bridgehead atoms. The number of hydrogen-bond acceptors (Lipinski definition) is 4. The van der Waals surface area contributed by atoms with Crippen molar-refractivity contribution in [1.29, 1.82) is 0 Å². The van der Waals surface area contributed by atoms with Crippen molar-refractivity contribution in [2.24, 2.45) is 5.92 Å². The summed E-state index contributed by atoms with van der Waals surface area (Å²) in [4.78, 5) is 14.2. The molecule has 0 spiro atoms. The minimum atomic E-state index is -3.26. The summed E-state index contributed by atoms with van der Waals surface area (Å²) < 4.78 is 26.8. The third-order valence-electron chi connectivity index (χ3n) is 5.85. The van der Waals surface area contributed by atoms with Gasteiger partial charge < -0.3 is 10.2 Å². The molecular weight excluding hydrogens is 374 g/mol. The molecule has 1 aromatic rings. The molecule has 0 aromatic heterocycles. The fraction of sp³-hybridized carbons (Fsp3) is 0.667. The van der Waals surface area contributed by atoms with Gasteiger partial charge in [0.15, 0.2) is 0 Å². The van der Waals surface area contributed by atoms with Crippen LogP contribution in [0.3, 0.4) is 0 Å². The Morgan fingerprint density at radius 3 is 2.54 bits per heavy atom. The number of sulfonamides is 1. The third kappa shape index (κ3) is 5.95.